The van der Waals surface area contributed by atoms with Gasteiger partial charge in [0.1, 0.15) is 11.4 Å². The zero-order valence-corrected chi connectivity index (χ0v) is 20.1. The Hall–Kier alpha value is -4.01. The predicted octanol–water partition coefficient (Wildman–Crippen LogP) is 5.03. The first-order valence-corrected chi connectivity index (χ1v) is 11.3. The molecule has 2 aliphatic heterocycles. The Kier molecular flexibility index (Phi) is 5.23. The lowest BCUT2D eigenvalue weighted by atomic mass is 10.1. The minimum Gasteiger partial charge on any atom is -0.340 e. The van der Waals surface area contributed by atoms with Gasteiger partial charge in [-0.15, -0.1) is 0 Å². The van der Waals surface area contributed by atoms with Crippen molar-refractivity contribution in [3.63, 3.8) is 0 Å². The Bertz CT molecular complexity index is 1390. The van der Waals surface area contributed by atoms with Crippen LogP contribution >= 0.6 is 0 Å². The minimum atomic E-state index is -0.982. The number of aromatic nitrogens is 2. The highest BCUT2D eigenvalue weighted by molar-refractivity contribution is 6.20. The highest BCUT2D eigenvalue weighted by atomic mass is 19.2. The van der Waals surface area contributed by atoms with E-state index >= 15 is 0 Å². The van der Waals surface area contributed by atoms with Gasteiger partial charge in [0.25, 0.3) is 5.91 Å². The number of benzene rings is 2. The number of guanidine groups is 1. The number of anilines is 3. The lowest BCUT2D eigenvalue weighted by Crippen LogP contribution is -2.48. The lowest BCUT2D eigenvalue weighted by molar-refractivity contribution is 0.0866. The zero-order valence-electron chi connectivity index (χ0n) is 20.1. The highest BCUT2D eigenvalue weighted by Gasteiger charge is 2.45. The number of allylic oxidation sites excluding steroid dienone is 1. The SMILES string of the molecule is C=C(C)c1ccc(Cn2nc3c(c2Nc2ccc(F)c(F)c2)C(=O)N(C)C2=NC(C)(C)CN23)cc1. The second-order valence-electron chi connectivity index (χ2n) is 9.61. The summed E-state index contributed by atoms with van der Waals surface area (Å²) in [5, 5.41) is 7.91. The number of nitrogens with zero attached hydrogens (tertiary/aromatic N) is 5. The van der Waals surface area contributed by atoms with E-state index in [0.717, 1.165) is 28.8 Å². The van der Waals surface area contributed by atoms with Gasteiger partial charge in [-0.05, 0) is 44.0 Å². The van der Waals surface area contributed by atoms with Crippen LogP contribution in [0.4, 0.5) is 26.1 Å². The normalized spacial score (nSPS) is 16.2. The number of aliphatic imine (C=N–C) groups is 1. The molecule has 2 aliphatic rings. The molecule has 0 radical (unpaired) electrons. The van der Waals surface area contributed by atoms with E-state index in [-0.39, 0.29) is 11.4 Å². The molecule has 180 valence electrons. The first kappa shape index (κ1) is 22.8. The maximum absolute atomic E-state index is 14.0. The monoisotopic (exact) mass is 476 g/mol. The molecule has 0 saturated carbocycles. The van der Waals surface area contributed by atoms with E-state index in [9.17, 15) is 13.6 Å². The average molecular weight is 477 g/mol. The minimum absolute atomic E-state index is 0.276. The molecule has 0 atom stereocenters. The number of carbonyl (C=O) groups excluding carboxylic acids is 1. The number of hydrogen-bond donors (Lipinski definition) is 1. The summed E-state index contributed by atoms with van der Waals surface area (Å²) in [6.45, 7) is 10.8. The van der Waals surface area contributed by atoms with Crippen LogP contribution in [-0.2, 0) is 6.54 Å². The summed E-state index contributed by atoms with van der Waals surface area (Å²) >= 11 is 0. The third kappa shape index (κ3) is 3.96. The van der Waals surface area contributed by atoms with Crippen molar-refractivity contribution in [3.8, 4) is 0 Å². The molecule has 1 N–H and O–H groups in total. The predicted molar refractivity (Wildman–Crippen MR) is 133 cm³/mol. The Morgan fingerprint density at radius 3 is 2.51 bits per heavy atom. The van der Waals surface area contributed by atoms with Crippen molar-refractivity contribution in [3.05, 3.63) is 77.4 Å². The Morgan fingerprint density at radius 1 is 1.14 bits per heavy atom. The molecule has 3 heterocycles. The molecule has 35 heavy (non-hydrogen) atoms. The summed E-state index contributed by atoms with van der Waals surface area (Å²) in [6.07, 6.45) is 0. The average Bonchev–Trinajstić information content (AvgIpc) is 3.32. The van der Waals surface area contributed by atoms with Crippen molar-refractivity contribution >= 4 is 34.8 Å². The molecule has 0 bridgehead atoms. The Labute approximate surface area is 202 Å². The van der Waals surface area contributed by atoms with Crippen molar-refractivity contribution in [2.75, 3.05) is 23.8 Å². The van der Waals surface area contributed by atoms with E-state index in [1.54, 1.807) is 11.7 Å². The van der Waals surface area contributed by atoms with Gasteiger partial charge in [-0.25, -0.2) is 18.5 Å². The number of carbonyl (C=O) groups is 1. The topological polar surface area (TPSA) is 65.8 Å². The highest BCUT2D eigenvalue weighted by Crippen LogP contribution is 2.39. The summed E-state index contributed by atoms with van der Waals surface area (Å²) in [5.74, 6) is -0.773. The van der Waals surface area contributed by atoms with Crippen LogP contribution in [0.1, 0.15) is 42.3 Å². The van der Waals surface area contributed by atoms with Gasteiger partial charge in [-0.2, -0.15) is 5.10 Å². The quantitative estimate of drug-likeness (QED) is 0.561. The number of nitrogens with one attached hydrogen (secondary N) is 1. The molecule has 3 aromatic rings. The van der Waals surface area contributed by atoms with Gasteiger partial charge in [0.15, 0.2) is 17.5 Å². The first-order valence-electron chi connectivity index (χ1n) is 11.3. The number of hydrogen-bond acceptors (Lipinski definition) is 5. The number of amides is 1. The van der Waals surface area contributed by atoms with Crippen molar-refractivity contribution in [2.45, 2.75) is 32.9 Å². The second kappa shape index (κ2) is 8.04. The van der Waals surface area contributed by atoms with Crippen LogP contribution in [0.15, 0.2) is 54.0 Å². The Morgan fingerprint density at radius 2 is 1.86 bits per heavy atom. The van der Waals surface area contributed by atoms with Crippen molar-refractivity contribution < 1.29 is 13.6 Å². The van der Waals surface area contributed by atoms with Crippen LogP contribution in [-0.4, -0.2) is 45.7 Å². The number of rotatable bonds is 5. The summed E-state index contributed by atoms with van der Waals surface area (Å²) in [5.41, 5.74) is 3.23. The molecule has 2 aromatic carbocycles. The van der Waals surface area contributed by atoms with Crippen LogP contribution in [0, 0.1) is 11.6 Å². The van der Waals surface area contributed by atoms with E-state index in [2.05, 4.69) is 11.9 Å². The van der Waals surface area contributed by atoms with Gasteiger partial charge in [-0.3, -0.25) is 14.6 Å². The van der Waals surface area contributed by atoms with E-state index in [1.165, 1.54) is 11.0 Å². The second-order valence-corrected chi connectivity index (χ2v) is 9.61. The molecule has 9 heteroatoms. The molecule has 0 unspecified atom stereocenters. The summed E-state index contributed by atoms with van der Waals surface area (Å²) < 4.78 is 29.2. The van der Waals surface area contributed by atoms with Crippen LogP contribution in [0.25, 0.3) is 5.57 Å². The molecular formula is C26H26F2N6O. The molecule has 1 aromatic heterocycles. The van der Waals surface area contributed by atoms with Crippen LogP contribution in [0.3, 0.4) is 0 Å². The molecule has 7 nitrogen and oxygen atoms in total. The van der Waals surface area contributed by atoms with Crippen molar-refractivity contribution in [2.24, 2.45) is 4.99 Å². The molecular weight excluding hydrogens is 450 g/mol. The molecule has 0 fully saturated rings. The third-order valence-corrected chi connectivity index (χ3v) is 6.16. The van der Waals surface area contributed by atoms with Crippen LogP contribution < -0.4 is 10.2 Å². The van der Waals surface area contributed by atoms with Gasteiger partial charge < -0.3 is 5.32 Å². The molecule has 0 aliphatic carbocycles. The van der Waals surface area contributed by atoms with E-state index < -0.39 is 11.6 Å². The smallest absolute Gasteiger partial charge is 0.267 e. The van der Waals surface area contributed by atoms with E-state index in [0.29, 0.717) is 41.9 Å². The van der Waals surface area contributed by atoms with Crippen LogP contribution in [0.2, 0.25) is 0 Å². The summed E-state index contributed by atoms with van der Waals surface area (Å²) in [7, 11) is 1.67. The number of halogens is 2. The standard InChI is InChI=1S/C26H26F2N6O/c1-15(2)17-8-6-16(7-9-17)13-34-22(29-18-10-11-19(27)20(28)12-18)21-23(31-34)33-14-26(3,4)30-25(33)32(5)24(21)35/h6-12,29H,1,13-14H2,2-5H3. The fraction of sp³-hybridized carbons (Fsp3) is 0.269. The van der Waals surface area contributed by atoms with Gasteiger partial charge in [0.2, 0.25) is 5.96 Å². The van der Waals surface area contributed by atoms with Gasteiger partial charge >= 0.3 is 0 Å². The third-order valence-electron chi connectivity index (χ3n) is 6.16. The molecule has 0 spiro atoms. The van der Waals surface area contributed by atoms with Crippen molar-refractivity contribution in [1.82, 2.24) is 14.7 Å². The molecule has 5 rings (SSSR count). The Balaban J connectivity index is 1.62. The van der Waals surface area contributed by atoms with Crippen molar-refractivity contribution in [1.29, 1.82) is 0 Å². The fourth-order valence-electron chi connectivity index (χ4n) is 4.36. The lowest BCUT2D eigenvalue weighted by Gasteiger charge is -2.30. The van der Waals surface area contributed by atoms with E-state index in [4.69, 9.17) is 10.1 Å². The van der Waals surface area contributed by atoms with E-state index in [1.807, 2.05) is 49.9 Å². The fourth-order valence-corrected chi connectivity index (χ4v) is 4.36. The zero-order chi connectivity index (χ0) is 25.1. The molecule has 0 saturated heterocycles. The van der Waals surface area contributed by atoms with Crippen LogP contribution in [0.5, 0.6) is 0 Å². The summed E-state index contributed by atoms with van der Waals surface area (Å²) in [4.78, 5) is 21.6. The maximum Gasteiger partial charge on any atom is 0.267 e. The van der Waals surface area contributed by atoms with Gasteiger partial charge in [0.05, 0.1) is 18.6 Å². The summed E-state index contributed by atoms with van der Waals surface area (Å²) in [6, 6.07) is 11.4. The van der Waals surface area contributed by atoms with Gasteiger partial charge in [0, 0.05) is 18.8 Å². The van der Waals surface area contributed by atoms with Gasteiger partial charge in [-0.1, -0.05) is 36.4 Å². The maximum atomic E-state index is 14.0. The number of fused-ring (bicyclic) bond motifs is 3. The first-order chi connectivity index (χ1) is 16.5. The largest absolute Gasteiger partial charge is 0.340 e. The molecule has 1 amide bonds.